The maximum atomic E-state index is 13.3. The minimum Gasteiger partial charge on any atom is -0.507 e. The third-order valence-electron chi connectivity index (χ3n) is 5.85. The first-order valence-corrected chi connectivity index (χ1v) is 12.3. The Labute approximate surface area is 207 Å². The van der Waals surface area contributed by atoms with Gasteiger partial charge in [-0.3, -0.25) is 0 Å². The van der Waals surface area contributed by atoms with Crippen molar-refractivity contribution in [3.63, 3.8) is 0 Å². The lowest BCUT2D eigenvalue weighted by molar-refractivity contribution is 0.0698. The molecule has 7 heteroatoms. The van der Waals surface area contributed by atoms with Gasteiger partial charge in [0, 0.05) is 28.3 Å². The van der Waals surface area contributed by atoms with Crippen molar-refractivity contribution < 1.29 is 19.4 Å². The van der Waals surface area contributed by atoms with E-state index in [1.807, 2.05) is 28.8 Å². The summed E-state index contributed by atoms with van der Waals surface area (Å²) >= 11 is 4.82. The highest BCUT2D eigenvalue weighted by Crippen LogP contribution is 2.37. The first kappa shape index (κ1) is 22.5. The Kier molecular flexibility index (Phi) is 6.06. The number of hydrogen-bond donors (Lipinski definition) is 2. The van der Waals surface area contributed by atoms with Crippen LogP contribution in [0, 0.1) is 5.82 Å². The SMILES string of the molecule is O=C(O)c1c(CSc2ccc(F)cc2)n(Cc2cccc3ccccc23)c2cc(Br)c(O)cc12. The molecule has 5 rings (SSSR count). The van der Waals surface area contributed by atoms with E-state index in [1.54, 1.807) is 18.2 Å². The number of carboxylic acid groups (broad SMARTS) is 1. The molecule has 0 aliphatic heterocycles. The molecule has 0 amide bonds. The molecule has 0 radical (unpaired) electrons. The van der Waals surface area contributed by atoms with E-state index in [4.69, 9.17) is 0 Å². The van der Waals surface area contributed by atoms with Crippen LogP contribution in [0.1, 0.15) is 21.6 Å². The van der Waals surface area contributed by atoms with E-state index in [0.717, 1.165) is 21.2 Å². The second-order valence-corrected chi connectivity index (χ2v) is 9.82. The number of aromatic hydroxyl groups is 1. The molecule has 1 aromatic heterocycles. The Morgan fingerprint density at radius 1 is 0.971 bits per heavy atom. The molecule has 170 valence electrons. The second-order valence-electron chi connectivity index (χ2n) is 7.91. The predicted molar refractivity (Wildman–Crippen MR) is 137 cm³/mol. The average molecular weight is 536 g/mol. The number of aromatic nitrogens is 1. The van der Waals surface area contributed by atoms with Gasteiger partial charge in [-0.05, 0) is 68.7 Å². The van der Waals surface area contributed by atoms with Crippen LogP contribution in [0.5, 0.6) is 5.75 Å². The highest BCUT2D eigenvalue weighted by Gasteiger charge is 2.24. The van der Waals surface area contributed by atoms with Crippen molar-refractivity contribution in [1.82, 2.24) is 4.57 Å². The number of fused-ring (bicyclic) bond motifs is 2. The van der Waals surface area contributed by atoms with Gasteiger partial charge in [-0.2, -0.15) is 0 Å². The Morgan fingerprint density at radius 3 is 2.47 bits per heavy atom. The number of carboxylic acids is 1. The summed E-state index contributed by atoms with van der Waals surface area (Å²) in [4.78, 5) is 13.2. The quantitative estimate of drug-likeness (QED) is 0.222. The number of phenolic OH excluding ortho intramolecular Hbond substituents is 1. The molecule has 0 spiro atoms. The summed E-state index contributed by atoms with van der Waals surface area (Å²) in [7, 11) is 0. The van der Waals surface area contributed by atoms with Crippen LogP contribution in [0.3, 0.4) is 0 Å². The molecule has 34 heavy (non-hydrogen) atoms. The summed E-state index contributed by atoms with van der Waals surface area (Å²) in [6, 6.07) is 23.6. The van der Waals surface area contributed by atoms with Gasteiger partial charge in [0.15, 0.2) is 0 Å². The molecule has 1 heterocycles. The highest BCUT2D eigenvalue weighted by molar-refractivity contribution is 9.10. The third-order valence-corrected chi connectivity index (χ3v) is 7.51. The minimum absolute atomic E-state index is 0.0185. The van der Waals surface area contributed by atoms with Crippen LogP contribution in [-0.4, -0.2) is 20.7 Å². The highest BCUT2D eigenvalue weighted by atomic mass is 79.9. The summed E-state index contributed by atoms with van der Waals surface area (Å²) in [5, 5.41) is 23.1. The molecule has 0 saturated carbocycles. The molecule has 2 N–H and O–H groups in total. The van der Waals surface area contributed by atoms with E-state index in [1.165, 1.54) is 30.0 Å². The Hall–Kier alpha value is -3.29. The Bertz CT molecular complexity index is 1540. The van der Waals surface area contributed by atoms with E-state index in [0.29, 0.717) is 33.4 Å². The number of thioether (sulfide) groups is 1. The lowest BCUT2D eigenvalue weighted by Gasteiger charge is -2.14. The van der Waals surface area contributed by atoms with Crippen LogP contribution in [0.2, 0.25) is 0 Å². The number of nitrogens with zero attached hydrogens (tertiary/aromatic N) is 1. The second kappa shape index (κ2) is 9.16. The van der Waals surface area contributed by atoms with Gasteiger partial charge in [-0.15, -0.1) is 11.8 Å². The topological polar surface area (TPSA) is 62.5 Å². The smallest absolute Gasteiger partial charge is 0.338 e. The Morgan fingerprint density at radius 2 is 1.71 bits per heavy atom. The number of carbonyl (C=O) groups is 1. The zero-order valence-electron chi connectivity index (χ0n) is 17.8. The van der Waals surface area contributed by atoms with Gasteiger partial charge in [0.1, 0.15) is 11.6 Å². The summed E-state index contributed by atoms with van der Waals surface area (Å²) in [5.41, 5.74) is 2.56. The van der Waals surface area contributed by atoms with Crippen molar-refractivity contribution in [2.75, 3.05) is 0 Å². The normalized spacial score (nSPS) is 11.4. The molecule has 4 nitrogen and oxygen atoms in total. The molecular formula is C27H19BrFNO3S. The van der Waals surface area contributed by atoms with Crippen molar-refractivity contribution in [3.05, 3.63) is 106 Å². The van der Waals surface area contributed by atoms with Crippen LogP contribution in [-0.2, 0) is 12.3 Å². The fourth-order valence-electron chi connectivity index (χ4n) is 4.26. The van der Waals surface area contributed by atoms with Gasteiger partial charge in [-0.1, -0.05) is 42.5 Å². The third kappa shape index (κ3) is 4.17. The zero-order chi connectivity index (χ0) is 23.8. The van der Waals surface area contributed by atoms with Crippen LogP contribution >= 0.6 is 27.7 Å². The van der Waals surface area contributed by atoms with Crippen molar-refractivity contribution >= 4 is 55.3 Å². The fraction of sp³-hybridized carbons (Fsp3) is 0.0741. The summed E-state index contributed by atoms with van der Waals surface area (Å²) in [5.74, 6) is -1.03. The molecule has 4 aromatic carbocycles. The summed E-state index contributed by atoms with van der Waals surface area (Å²) < 4.78 is 15.8. The summed E-state index contributed by atoms with van der Waals surface area (Å²) in [6.45, 7) is 0.460. The van der Waals surface area contributed by atoms with E-state index < -0.39 is 5.97 Å². The lowest BCUT2D eigenvalue weighted by atomic mass is 10.0. The van der Waals surface area contributed by atoms with Crippen LogP contribution in [0.4, 0.5) is 4.39 Å². The molecule has 0 aliphatic rings. The average Bonchev–Trinajstić information content (AvgIpc) is 3.11. The molecule has 0 bridgehead atoms. The first-order chi connectivity index (χ1) is 16.4. The molecule has 0 fully saturated rings. The number of hydrogen-bond acceptors (Lipinski definition) is 3. The predicted octanol–water partition coefficient (Wildman–Crippen LogP) is 7.44. The molecule has 0 unspecified atom stereocenters. The molecule has 0 aliphatic carbocycles. The molecule has 5 aromatic rings. The van der Waals surface area contributed by atoms with Gasteiger partial charge < -0.3 is 14.8 Å². The standard InChI is InChI=1S/C27H19BrFNO3S/c28-22-13-23-21(12-25(22)31)26(27(32)33)24(15-34-19-10-8-18(29)9-11-19)30(23)14-17-6-3-5-16-4-1-2-7-20(16)17/h1-13,31H,14-15H2,(H,32,33). The minimum atomic E-state index is -1.06. The summed E-state index contributed by atoms with van der Waals surface area (Å²) in [6.07, 6.45) is 0. The maximum Gasteiger partial charge on any atom is 0.338 e. The molecular weight excluding hydrogens is 517 g/mol. The number of rotatable bonds is 6. The van der Waals surface area contributed by atoms with Gasteiger partial charge in [0.25, 0.3) is 0 Å². The maximum absolute atomic E-state index is 13.3. The zero-order valence-corrected chi connectivity index (χ0v) is 20.2. The number of phenols is 1. The van der Waals surface area contributed by atoms with Crippen LogP contribution < -0.4 is 0 Å². The van der Waals surface area contributed by atoms with Crippen molar-refractivity contribution in [2.24, 2.45) is 0 Å². The fourth-order valence-corrected chi connectivity index (χ4v) is 5.53. The first-order valence-electron chi connectivity index (χ1n) is 10.5. The van der Waals surface area contributed by atoms with Gasteiger partial charge >= 0.3 is 5.97 Å². The Balaban J connectivity index is 1.69. The van der Waals surface area contributed by atoms with E-state index in [2.05, 4.69) is 34.1 Å². The number of halogens is 2. The van der Waals surface area contributed by atoms with Gasteiger partial charge in [0.2, 0.25) is 0 Å². The van der Waals surface area contributed by atoms with Gasteiger partial charge in [0.05, 0.1) is 15.6 Å². The van der Waals surface area contributed by atoms with E-state index in [9.17, 15) is 19.4 Å². The van der Waals surface area contributed by atoms with Crippen molar-refractivity contribution in [3.8, 4) is 5.75 Å². The van der Waals surface area contributed by atoms with E-state index in [-0.39, 0.29) is 17.1 Å². The number of benzene rings is 4. The monoisotopic (exact) mass is 535 g/mol. The molecule has 0 saturated heterocycles. The van der Waals surface area contributed by atoms with Crippen molar-refractivity contribution in [1.29, 1.82) is 0 Å². The largest absolute Gasteiger partial charge is 0.507 e. The van der Waals surface area contributed by atoms with Gasteiger partial charge in [-0.25, -0.2) is 9.18 Å². The van der Waals surface area contributed by atoms with Crippen molar-refractivity contribution in [2.45, 2.75) is 17.2 Å². The van der Waals surface area contributed by atoms with Crippen LogP contribution in [0.15, 0.2) is 88.2 Å². The number of aromatic carboxylic acids is 1. The van der Waals surface area contributed by atoms with E-state index >= 15 is 0 Å². The van der Waals surface area contributed by atoms with Crippen LogP contribution in [0.25, 0.3) is 21.7 Å². The molecule has 0 atom stereocenters. The lowest BCUT2D eigenvalue weighted by Crippen LogP contribution is -2.08.